The number of carboxylic acid groups (broad SMARTS) is 1. The van der Waals surface area contributed by atoms with Crippen LogP contribution in [0.2, 0.25) is 0 Å². The number of fused-ring (bicyclic) bond motifs is 2. The van der Waals surface area contributed by atoms with E-state index in [9.17, 15) is 14.7 Å². The maximum absolute atomic E-state index is 12.6. The van der Waals surface area contributed by atoms with Crippen molar-refractivity contribution in [3.63, 3.8) is 0 Å². The van der Waals surface area contributed by atoms with Crippen molar-refractivity contribution >= 4 is 11.9 Å². The molecule has 114 valence electrons. The molecule has 21 heavy (non-hydrogen) atoms. The lowest BCUT2D eigenvalue weighted by Gasteiger charge is -2.41. The highest BCUT2D eigenvalue weighted by molar-refractivity contribution is 5.86. The lowest BCUT2D eigenvalue weighted by atomic mass is 9.62. The fourth-order valence-electron chi connectivity index (χ4n) is 4.77. The van der Waals surface area contributed by atoms with Gasteiger partial charge in [-0.15, -0.1) is 0 Å². The second kappa shape index (κ2) is 4.59. The Morgan fingerprint density at radius 1 is 1.05 bits per heavy atom. The molecule has 0 radical (unpaired) electrons. The molecule has 0 heterocycles. The van der Waals surface area contributed by atoms with E-state index in [0.717, 1.165) is 31.1 Å². The van der Waals surface area contributed by atoms with Crippen LogP contribution in [0.1, 0.15) is 32.6 Å². The SMILES string of the molecule is C[C@@H]1C[C@H]1[C@@H]1C[C@H]1NC(=O)[C@H]1C2C=CC(CC2)[C@H]1C(=O)O. The van der Waals surface area contributed by atoms with Gasteiger partial charge in [0.1, 0.15) is 0 Å². The molecule has 5 aliphatic carbocycles. The third-order valence-electron chi connectivity index (χ3n) is 6.23. The van der Waals surface area contributed by atoms with Gasteiger partial charge in [0.15, 0.2) is 0 Å². The predicted octanol–water partition coefficient (Wildman–Crippen LogP) is 2.06. The van der Waals surface area contributed by atoms with Gasteiger partial charge in [0.05, 0.1) is 11.8 Å². The topological polar surface area (TPSA) is 66.4 Å². The van der Waals surface area contributed by atoms with Gasteiger partial charge >= 0.3 is 5.97 Å². The number of nitrogens with one attached hydrogen (secondary N) is 1. The zero-order chi connectivity index (χ0) is 14.7. The van der Waals surface area contributed by atoms with Crippen LogP contribution in [0.25, 0.3) is 0 Å². The number of carbonyl (C=O) groups is 2. The van der Waals surface area contributed by atoms with Crippen LogP contribution >= 0.6 is 0 Å². The van der Waals surface area contributed by atoms with Crippen molar-refractivity contribution in [1.29, 1.82) is 0 Å². The molecule has 0 aliphatic heterocycles. The van der Waals surface area contributed by atoms with Crippen molar-refractivity contribution in [2.45, 2.75) is 38.6 Å². The van der Waals surface area contributed by atoms with Gasteiger partial charge in [0, 0.05) is 6.04 Å². The van der Waals surface area contributed by atoms with E-state index >= 15 is 0 Å². The Labute approximate surface area is 125 Å². The van der Waals surface area contributed by atoms with Crippen molar-refractivity contribution in [2.24, 2.45) is 41.4 Å². The van der Waals surface area contributed by atoms with Crippen molar-refractivity contribution in [3.05, 3.63) is 12.2 Å². The maximum atomic E-state index is 12.6. The molecule has 3 saturated carbocycles. The highest BCUT2D eigenvalue weighted by atomic mass is 16.4. The number of hydrogen-bond donors (Lipinski definition) is 2. The predicted molar refractivity (Wildman–Crippen MR) is 77.3 cm³/mol. The molecule has 3 fully saturated rings. The van der Waals surface area contributed by atoms with E-state index in [1.807, 2.05) is 6.08 Å². The molecule has 0 aromatic carbocycles. The summed E-state index contributed by atoms with van der Waals surface area (Å²) in [7, 11) is 0. The standard InChI is InChI=1S/C17H23NO3/c1-8-6-11(8)12-7-13(12)18-16(19)14-9-2-4-10(5-3-9)15(14)17(20)21/h2,4,8-15H,3,5-7H2,1H3,(H,18,19)(H,20,21)/t8-,9?,10?,11-,12+,13-,14+,15-/m1/s1. The third kappa shape index (κ3) is 2.19. The summed E-state index contributed by atoms with van der Waals surface area (Å²) in [5, 5.41) is 12.6. The zero-order valence-corrected chi connectivity index (χ0v) is 12.4. The van der Waals surface area contributed by atoms with Crippen LogP contribution in [0, 0.1) is 41.4 Å². The summed E-state index contributed by atoms with van der Waals surface area (Å²) in [5.74, 6) is 0.735. The lowest BCUT2D eigenvalue weighted by Crippen LogP contribution is -2.49. The number of amides is 1. The molecular formula is C17H23NO3. The van der Waals surface area contributed by atoms with Crippen LogP contribution in [-0.2, 0) is 9.59 Å². The van der Waals surface area contributed by atoms with E-state index in [0.29, 0.717) is 12.0 Å². The van der Waals surface area contributed by atoms with E-state index in [4.69, 9.17) is 0 Å². The Balaban J connectivity index is 1.43. The second-order valence-electron chi connectivity index (χ2n) is 7.57. The molecule has 4 nitrogen and oxygen atoms in total. The van der Waals surface area contributed by atoms with Gasteiger partial charge in [0.2, 0.25) is 5.91 Å². The number of allylic oxidation sites excluding steroid dienone is 2. The summed E-state index contributed by atoms with van der Waals surface area (Å²) in [5.41, 5.74) is 0. The number of aliphatic carboxylic acids is 1. The molecule has 5 rings (SSSR count). The van der Waals surface area contributed by atoms with Crippen molar-refractivity contribution in [3.8, 4) is 0 Å². The smallest absolute Gasteiger partial charge is 0.307 e. The summed E-state index contributed by atoms with van der Waals surface area (Å²) in [6, 6.07) is 0.311. The van der Waals surface area contributed by atoms with E-state index in [1.165, 1.54) is 6.42 Å². The monoisotopic (exact) mass is 289 g/mol. The number of hydrogen-bond acceptors (Lipinski definition) is 2. The Bertz CT molecular complexity index is 514. The lowest BCUT2D eigenvalue weighted by molar-refractivity contribution is -0.153. The van der Waals surface area contributed by atoms with Crippen LogP contribution in [0.15, 0.2) is 12.2 Å². The van der Waals surface area contributed by atoms with E-state index < -0.39 is 11.9 Å². The molecule has 2 N–H and O–H groups in total. The highest BCUT2D eigenvalue weighted by Crippen LogP contribution is 2.54. The van der Waals surface area contributed by atoms with Crippen LogP contribution in [0.5, 0.6) is 0 Å². The molecule has 0 spiro atoms. The van der Waals surface area contributed by atoms with Crippen molar-refractivity contribution in [2.75, 3.05) is 0 Å². The Kier molecular flexibility index (Phi) is 2.92. The van der Waals surface area contributed by atoms with Crippen LogP contribution in [-0.4, -0.2) is 23.0 Å². The third-order valence-corrected chi connectivity index (χ3v) is 6.23. The average molecular weight is 289 g/mol. The first-order chi connectivity index (χ1) is 10.1. The van der Waals surface area contributed by atoms with Crippen LogP contribution in [0.3, 0.4) is 0 Å². The number of rotatable bonds is 4. The minimum atomic E-state index is -0.808. The molecule has 8 atom stereocenters. The Morgan fingerprint density at radius 2 is 1.67 bits per heavy atom. The van der Waals surface area contributed by atoms with Gasteiger partial charge in [-0.25, -0.2) is 0 Å². The van der Waals surface area contributed by atoms with Gasteiger partial charge in [-0.3, -0.25) is 9.59 Å². The quantitative estimate of drug-likeness (QED) is 0.779. The van der Waals surface area contributed by atoms with E-state index in [1.54, 1.807) is 0 Å². The minimum Gasteiger partial charge on any atom is -0.481 e. The maximum Gasteiger partial charge on any atom is 0.307 e. The van der Waals surface area contributed by atoms with Crippen LogP contribution in [0.4, 0.5) is 0 Å². The number of carboxylic acids is 1. The number of carbonyl (C=O) groups excluding carboxylic acids is 1. The molecule has 1 amide bonds. The molecule has 0 aromatic rings. The molecule has 2 bridgehead atoms. The first-order valence-corrected chi connectivity index (χ1v) is 8.27. The van der Waals surface area contributed by atoms with E-state index in [2.05, 4.69) is 18.3 Å². The summed E-state index contributed by atoms with van der Waals surface area (Å²) < 4.78 is 0. The first kappa shape index (κ1) is 13.4. The minimum absolute atomic E-state index is 0.0118. The van der Waals surface area contributed by atoms with Crippen molar-refractivity contribution < 1.29 is 14.7 Å². The summed E-state index contributed by atoms with van der Waals surface area (Å²) in [4.78, 5) is 24.2. The fraction of sp³-hybridized carbons (Fsp3) is 0.765. The van der Waals surface area contributed by atoms with Gasteiger partial charge in [-0.1, -0.05) is 19.1 Å². The summed E-state index contributed by atoms with van der Waals surface area (Å²) >= 11 is 0. The van der Waals surface area contributed by atoms with Gasteiger partial charge in [-0.2, -0.15) is 0 Å². The zero-order valence-electron chi connectivity index (χ0n) is 12.4. The fourth-order valence-corrected chi connectivity index (χ4v) is 4.77. The Hall–Kier alpha value is -1.32. The second-order valence-corrected chi connectivity index (χ2v) is 7.57. The van der Waals surface area contributed by atoms with Gasteiger partial charge < -0.3 is 10.4 Å². The van der Waals surface area contributed by atoms with Gasteiger partial charge in [0.25, 0.3) is 0 Å². The normalized spacial score (nSPS) is 49.8. The molecule has 0 saturated heterocycles. The molecular weight excluding hydrogens is 266 g/mol. The largest absolute Gasteiger partial charge is 0.481 e. The Morgan fingerprint density at radius 3 is 2.19 bits per heavy atom. The molecule has 2 unspecified atom stereocenters. The van der Waals surface area contributed by atoms with Crippen LogP contribution < -0.4 is 5.32 Å². The van der Waals surface area contributed by atoms with Crippen molar-refractivity contribution in [1.82, 2.24) is 5.32 Å². The summed E-state index contributed by atoms with van der Waals surface area (Å²) in [6.45, 7) is 2.27. The van der Waals surface area contributed by atoms with E-state index in [-0.39, 0.29) is 23.7 Å². The summed E-state index contributed by atoms with van der Waals surface area (Å²) in [6.07, 6.45) is 8.35. The molecule has 5 aliphatic rings. The molecule has 0 aromatic heterocycles. The first-order valence-electron chi connectivity index (χ1n) is 8.27. The molecule has 4 heteroatoms. The highest BCUT2D eigenvalue weighted by Gasteiger charge is 2.54. The average Bonchev–Trinajstić information content (AvgIpc) is 3.37. The van der Waals surface area contributed by atoms with Gasteiger partial charge in [-0.05, 0) is 55.3 Å².